The van der Waals surface area contributed by atoms with Crippen LogP contribution in [0.25, 0.3) is 4.96 Å². The molecule has 3 aromatic rings. The Morgan fingerprint density at radius 2 is 2.10 bits per heavy atom. The highest BCUT2D eigenvalue weighted by Crippen LogP contribution is 2.33. The van der Waals surface area contributed by atoms with Crippen molar-refractivity contribution in [1.29, 1.82) is 0 Å². The summed E-state index contributed by atoms with van der Waals surface area (Å²) in [5.41, 5.74) is 2.81. The molecule has 0 fully saturated rings. The zero-order valence-corrected chi connectivity index (χ0v) is 17.7. The van der Waals surface area contributed by atoms with E-state index in [1.54, 1.807) is 4.90 Å². The van der Waals surface area contributed by atoms with E-state index >= 15 is 0 Å². The molecular formula is C20H23N5O3S. The largest absolute Gasteiger partial charge is 0.443 e. The maximum Gasteiger partial charge on any atom is 0.414 e. The van der Waals surface area contributed by atoms with E-state index in [-0.39, 0.29) is 11.7 Å². The van der Waals surface area contributed by atoms with Gasteiger partial charge < -0.3 is 10.1 Å². The average molecular weight is 414 g/mol. The fourth-order valence-corrected chi connectivity index (χ4v) is 4.04. The van der Waals surface area contributed by atoms with Crippen LogP contribution in [-0.4, -0.2) is 32.8 Å². The van der Waals surface area contributed by atoms with Crippen molar-refractivity contribution >= 4 is 38.9 Å². The molecular weight excluding hydrogens is 390 g/mol. The van der Waals surface area contributed by atoms with Crippen LogP contribution in [0, 0.1) is 0 Å². The fourth-order valence-electron chi connectivity index (χ4n) is 3.20. The molecule has 29 heavy (non-hydrogen) atoms. The Labute approximate surface area is 172 Å². The van der Waals surface area contributed by atoms with Crippen LogP contribution in [-0.2, 0) is 17.6 Å². The summed E-state index contributed by atoms with van der Waals surface area (Å²) in [5.74, 6) is 0. The van der Waals surface area contributed by atoms with E-state index in [1.165, 1.54) is 21.9 Å². The minimum absolute atomic E-state index is 0.182. The molecule has 0 saturated carbocycles. The summed E-state index contributed by atoms with van der Waals surface area (Å²) >= 11 is 1.33. The van der Waals surface area contributed by atoms with Gasteiger partial charge in [-0.2, -0.15) is 4.52 Å². The molecule has 2 aromatic heterocycles. The van der Waals surface area contributed by atoms with Gasteiger partial charge in [0.25, 0.3) is 5.56 Å². The molecule has 0 atom stereocenters. The standard InChI is InChI=1S/C20H23N5O3S/c1-5-13-11-16(26)25-18(22-13)29-17(23-25)21-14-6-7-15-12(10-14)8-9-24(15)19(27)28-20(2,3)4/h6-7,10-11H,5,8-9H2,1-4H3,(H,21,23). The molecule has 0 spiro atoms. The van der Waals surface area contributed by atoms with Crippen LogP contribution in [0.5, 0.6) is 0 Å². The van der Waals surface area contributed by atoms with Gasteiger partial charge in [0.2, 0.25) is 10.1 Å². The van der Waals surface area contributed by atoms with Crippen LogP contribution in [0.15, 0.2) is 29.1 Å². The number of nitrogens with zero attached hydrogens (tertiary/aromatic N) is 4. The first kappa shape index (κ1) is 19.4. The molecule has 8 nitrogen and oxygen atoms in total. The van der Waals surface area contributed by atoms with Crippen molar-refractivity contribution in [2.75, 3.05) is 16.8 Å². The number of aryl methyl sites for hydroxylation is 1. The third-order valence-electron chi connectivity index (χ3n) is 4.50. The summed E-state index contributed by atoms with van der Waals surface area (Å²) in [6.45, 7) is 8.13. The zero-order valence-electron chi connectivity index (χ0n) is 16.9. The van der Waals surface area contributed by atoms with Crippen molar-refractivity contribution < 1.29 is 9.53 Å². The maximum absolute atomic E-state index is 12.4. The number of rotatable bonds is 3. The van der Waals surface area contributed by atoms with Gasteiger partial charge in [-0.1, -0.05) is 18.3 Å². The molecule has 1 aliphatic rings. The second-order valence-electron chi connectivity index (χ2n) is 7.89. The minimum atomic E-state index is -0.530. The van der Waals surface area contributed by atoms with Gasteiger partial charge in [-0.25, -0.2) is 9.78 Å². The van der Waals surface area contributed by atoms with Gasteiger partial charge in [0.1, 0.15) is 5.60 Å². The number of nitrogens with one attached hydrogen (secondary N) is 1. The molecule has 0 unspecified atom stereocenters. The molecule has 1 amide bonds. The predicted octanol–water partition coefficient (Wildman–Crippen LogP) is 3.75. The number of anilines is 3. The lowest BCUT2D eigenvalue weighted by Crippen LogP contribution is -2.35. The van der Waals surface area contributed by atoms with Crippen molar-refractivity contribution in [3.8, 4) is 0 Å². The zero-order chi connectivity index (χ0) is 20.8. The van der Waals surface area contributed by atoms with Gasteiger partial charge in [0, 0.05) is 24.0 Å². The Morgan fingerprint density at radius 3 is 2.83 bits per heavy atom. The Bertz CT molecular complexity index is 1150. The van der Waals surface area contributed by atoms with E-state index in [0.717, 1.165) is 29.1 Å². The number of hydrogen-bond acceptors (Lipinski definition) is 7. The quantitative estimate of drug-likeness (QED) is 0.703. The average Bonchev–Trinajstić information content (AvgIpc) is 3.23. The van der Waals surface area contributed by atoms with Crippen molar-refractivity contribution in [3.63, 3.8) is 0 Å². The number of aromatic nitrogens is 3. The lowest BCUT2D eigenvalue weighted by molar-refractivity contribution is 0.0584. The molecule has 3 heterocycles. The Morgan fingerprint density at radius 1 is 1.31 bits per heavy atom. The van der Waals surface area contributed by atoms with Gasteiger partial charge in [0.05, 0.1) is 5.69 Å². The first-order valence-electron chi connectivity index (χ1n) is 9.54. The Balaban J connectivity index is 1.56. The van der Waals surface area contributed by atoms with Gasteiger partial charge in [-0.15, -0.1) is 5.10 Å². The van der Waals surface area contributed by atoms with Gasteiger partial charge in [0.15, 0.2) is 0 Å². The second-order valence-corrected chi connectivity index (χ2v) is 8.85. The van der Waals surface area contributed by atoms with E-state index in [2.05, 4.69) is 15.4 Å². The van der Waals surface area contributed by atoms with Crippen LogP contribution in [0.4, 0.5) is 21.3 Å². The molecule has 1 aromatic carbocycles. The summed E-state index contributed by atoms with van der Waals surface area (Å²) in [7, 11) is 0. The summed E-state index contributed by atoms with van der Waals surface area (Å²) in [6.07, 6.45) is 1.12. The minimum Gasteiger partial charge on any atom is -0.443 e. The predicted molar refractivity (Wildman–Crippen MR) is 114 cm³/mol. The van der Waals surface area contributed by atoms with Crippen LogP contribution in [0.1, 0.15) is 39.0 Å². The maximum atomic E-state index is 12.4. The highest BCUT2D eigenvalue weighted by molar-refractivity contribution is 7.20. The van der Waals surface area contributed by atoms with E-state index < -0.39 is 5.60 Å². The van der Waals surface area contributed by atoms with E-state index in [0.29, 0.717) is 23.1 Å². The number of benzene rings is 1. The summed E-state index contributed by atoms with van der Waals surface area (Å²) in [4.78, 5) is 31.3. The van der Waals surface area contributed by atoms with Crippen LogP contribution >= 0.6 is 11.3 Å². The molecule has 0 bridgehead atoms. The fraction of sp³-hybridized carbons (Fsp3) is 0.400. The number of carbonyl (C=O) groups excluding carboxylic acids is 1. The van der Waals surface area contributed by atoms with Gasteiger partial charge in [-0.3, -0.25) is 9.69 Å². The molecule has 0 radical (unpaired) electrons. The molecule has 0 aliphatic carbocycles. The SMILES string of the molecule is CCc1cc(=O)n2nc(Nc3ccc4c(c3)CCN4C(=O)OC(C)(C)C)sc2n1. The highest BCUT2D eigenvalue weighted by atomic mass is 32.1. The van der Waals surface area contributed by atoms with Crippen molar-refractivity contribution in [3.05, 3.63) is 45.9 Å². The molecule has 1 N–H and O–H groups in total. The number of carbonyl (C=O) groups is 1. The van der Waals surface area contributed by atoms with E-state index in [1.807, 2.05) is 45.9 Å². The van der Waals surface area contributed by atoms with Crippen LogP contribution in [0.2, 0.25) is 0 Å². The third-order valence-corrected chi connectivity index (χ3v) is 5.32. The molecule has 152 valence electrons. The van der Waals surface area contributed by atoms with E-state index in [4.69, 9.17) is 4.74 Å². The van der Waals surface area contributed by atoms with Crippen molar-refractivity contribution in [2.45, 2.75) is 46.1 Å². The number of hydrogen-bond donors (Lipinski definition) is 1. The summed E-state index contributed by atoms with van der Waals surface area (Å²) in [5, 5.41) is 8.16. The third kappa shape index (κ3) is 3.95. The lowest BCUT2D eigenvalue weighted by atomic mass is 10.1. The highest BCUT2D eigenvalue weighted by Gasteiger charge is 2.29. The Hall–Kier alpha value is -2.94. The molecule has 9 heteroatoms. The normalized spacial score (nSPS) is 13.6. The monoisotopic (exact) mass is 413 g/mol. The number of ether oxygens (including phenoxy) is 1. The number of fused-ring (bicyclic) bond motifs is 2. The smallest absolute Gasteiger partial charge is 0.414 e. The molecule has 0 saturated heterocycles. The summed E-state index contributed by atoms with van der Waals surface area (Å²) < 4.78 is 6.80. The van der Waals surface area contributed by atoms with Crippen LogP contribution in [0.3, 0.4) is 0 Å². The van der Waals surface area contributed by atoms with E-state index in [9.17, 15) is 9.59 Å². The Kier molecular flexibility index (Phi) is 4.77. The van der Waals surface area contributed by atoms with Gasteiger partial charge >= 0.3 is 6.09 Å². The number of amides is 1. The molecule has 1 aliphatic heterocycles. The first-order chi connectivity index (χ1) is 13.7. The van der Waals surface area contributed by atoms with Crippen molar-refractivity contribution in [2.24, 2.45) is 0 Å². The van der Waals surface area contributed by atoms with Crippen molar-refractivity contribution in [1.82, 2.24) is 14.6 Å². The topological polar surface area (TPSA) is 88.8 Å². The molecule has 4 rings (SSSR count). The summed E-state index contributed by atoms with van der Waals surface area (Å²) in [6, 6.07) is 7.30. The first-order valence-corrected chi connectivity index (χ1v) is 10.4. The van der Waals surface area contributed by atoms with Crippen LogP contribution < -0.4 is 15.8 Å². The van der Waals surface area contributed by atoms with Gasteiger partial charge in [-0.05, 0) is 57.4 Å². The second kappa shape index (κ2) is 7.14. The lowest BCUT2D eigenvalue weighted by Gasteiger charge is -2.24.